The summed E-state index contributed by atoms with van der Waals surface area (Å²) in [7, 11) is 0. The summed E-state index contributed by atoms with van der Waals surface area (Å²) in [6.07, 6.45) is 9.63. The minimum absolute atomic E-state index is 0.143. The molecule has 104 valence electrons. The monoisotopic (exact) mass is 279 g/mol. The van der Waals surface area contributed by atoms with E-state index in [1.165, 1.54) is 0 Å². The second kappa shape index (κ2) is 4.59. The summed E-state index contributed by atoms with van der Waals surface area (Å²) in [6.45, 7) is 0.883. The van der Waals surface area contributed by atoms with E-state index in [2.05, 4.69) is 24.8 Å². The van der Waals surface area contributed by atoms with Gasteiger partial charge in [0, 0.05) is 55.3 Å². The van der Waals surface area contributed by atoms with Crippen LogP contribution in [0.5, 0.6) is 0 Å². The van der Waals surface area contributed by atoms with Crippen molar-refractivity contribution in [3.8, 4) is 11.4 Å². The smallest absolute Gasteiger partial charge is 0.257 e. The van der Waals surface area contributed by atoms with Gasteiger partial charge in [0.25, 0.3) is 5.91 Å². The molecule has 1 aliphatic rings. The van der Waals surface area contributed by atoms with Gasteiger partial charge < -0.3 is 14.9 Å². The van der Waals surface area contributed by atoms with Crippen molar-refractivity contribution in [1.29, 1.82) is 0 Å². The largest absolute Gasteiger partial charge is 0.364 e. The van der Waals surface area contributed by atoms with E-state index in [-0.39, 0.29) is 5.91 Å². The molecule has 4 rings (SSSR count). The van der Waals surface area contributed by atoms with Crippen LogP contribution in [-0.2, 0) is 13.0 Å². The zero-order chi connectivity index (χ0) is 14.2. The van der Waals surface area contributed by atoms with Gasteiger partial charge >= 0.3 is 0 Å². The fourth-order valence-corrected chi connectivity index (χ4v) is 2.68. The summed E-state index contributed by atoms with van der Waals surface area (Å²) in [4.78, 5) is 24.0. The predicted molar refractivity (Wildman–Crippen MR) is 77.9 cm³/mol. The number of carbonyl (C=O) groups is 1. The third-order valence-electron chi connectivity index (χ3n) is 3.69. The molecule has 21 heavy (non-hydrogen) atoms. The van der Waals surface area contributed by atoms with Gasteiger partial charge in [0.05, 0.1) is 11.1 Å². The summed E-state index contributed by atoms with van der Waals surface area (Å²) in [5, 5.41) is 2.88. The number of hydrogen-bond donors (Lipinski definition) is 2. The van der Waals surface area contributed by atoms with Crippen LogP contribution in [0.3, 0.4) is 0 Å². The van der Waals surface area contributed by atoms with Crippen LogP contribution in [0.2, 0.25) is 0 Å². The third kappa shape index (κ3) is 1.92. The number of aryl methyl sites for hydroxylation is 2. The lowest BCUT2D eigenvalue weighted by Gasteiger charge is -2.15. The van der Waals surface area contributed by atoms with Gasteiger partial charge in [0.1, 0.15) is 5.82 Å². The Morgan fingerprint density at radius 1 is 1.29 bits per heavy atom. The highest BCUT2D eigenvalue weighted by Crippen LogP contribution is 2.31. The maximum atomic E-state index is 12.5. The maximum Gasteiger partial charge on any atom is 0.257 e. The second-order valence-electron chi connectivity index (χ2n) is 4.94. The van der Waals surface area contributed by atoms with Crippen LogP contribution in [0.25, 0.3) is 11.4 Å². The molecule has 0 atom stereocenters. The molecule has 0 aromatic carbocycles. The first-order valence-electron chi connectivity index (χ1n) is 6.76. The summed E-state index contributed by atoms with van der Waals surface area (Å²) >= 11 is 0. The first-order valence-corrected chi connectivity index (χ1v) is 6.76. The van der Waals surface area contributed by atoms with Crippen molar-refractivity contribution in [3.05, 3.63) is 54.4 Å². The molecule has 0 unspecified atom stereocenters. The quantitative estimate of drug-likeness (QED) is 0.754. The topological polar surface area (TPSA) is 75.6 Å². The van der Waals surface area contributed by atoms with Crippen LogP contribution in [0.15, 0.2) is 43.1 Å². The Kier molecular flexibility index (Phi) is 2.60. The number of nitrogens with zero attached hydrogens (tertiary/aromatic N) is 3. The molecule has 1 amide bonds. The Hall–Kier alpha value is -2.89. The van der Waals surface area contributed by atoms with Crippen LogP contribution in [0, 0.1) is 0 Å². The standard InChI is InChI=1S/C15H13N5O/c21-15(19-10-1-4-16-5-2-10)11-9-18-12-3-7-20-8-6-17-14(20)13(11)12/h1-2,4-6,8-9,18H,3,7H2,(H,16,19,21). The number of imidazole rings is 1. The van der Waals surface area contributed by atoms with E-state index in [4.69, 9.17) is 0 Å². The molecule has 0 spiro atoms. The van der Waals surface area contributed by atoms with Crippen molar-refractivity contribution in [2.24, 2.45) is 0 Å². The van der Waals surface area contributed by atoms with E-state index in [0.29, 0.717) is 5.56 Å². The van der Waals surface area contributed by atoms with Crippen molar-refractivity contribution in [2.75, 3.05) is 5.32 Å². The SMILES string of the molecule is O=C(Nc1ccncc1)c1c[nH]c2c1-c1nccn1CC2. The number of rotatable bonds is 2. The highest BCUT2D eigenvalue weighted by Gasteiger charge is 2.25. The Morgan fingerprint density at radius 3 is 3.00 bits per heavy atom. The Balaban J connectivity index is 1.72. The summed E-state index contributed by atoms with van der Waals surface area (Å²) < 4.78 is 2.07. The Labute approximate surface area is 120 Å². The number of pyridine rings is 1. The maximum absolute atomic E-state index is 12.5. The molecule has 0 radical (unpaired) electrons. The normalized spacial score (nSPS) is 12.6. The van der Waals surface area contributed by atoms with Crippen molar-refractivity contribution in [1.82, 2.24) is 19.5 Å². The number of hydrogen-bond acceptors (Lipinski definition) is 3. The molecule has 0 aliphatic carbocycles. The minimum atomic E-state index is -0.143. The van der Waals surface area contributed by atoms with E-state index in [1.54, 1.807) is 36.9 Å². The Bertz CT molecular complexity index is 803. The minimum Gasteiger partial charge on any atom is -0.364 e. The van der Waals surface area contributed by atoms with Gasteiger partial charge in [-0.3, -0.25) is 9.78 Å². The number of amides is 1. The molecule has 6 heteroatoms. The van der Waals surface area contributed by atoms with Gasteiger partial charge in [0.15, 0.2) is 0 Å². The van der Waals surface area contributed by atoms with Crippen LogP contribution in [0.4, 0.5) is 5.69 Å². The zero-order valence-corrected chi connectivity index (χ0v) is 11.2. The molecule has 3 aromatic heterocycles. The number of nitrogens with one attached hydrogen (secondary N) is 2. The molecule has 0 fully saturated rings. The summed E-state index contributed by atoms with van der Waals surface area (Å²) in [5.41, 5.74) is 3.31. The lowest BCUT2D eigenvalue weighted by Crippen LogP contribution is -2.15. The van der Waals surface area contributed by atoms with Gasteiger partial charge in [0.2, 0.25) is 0 Å². The van der Waals surface area contributed by atoms with Gasteiger partial charge in [-0.1, -0.05) is 0 Å². The van der Waals surface area contributed by atoms with E-state index in [1.807, 2.05) is 6.20 Å². The van der Waals surface area contributed by atoms with Crippen molar-refractivity contribution >= 4 is 11.6 Å². The van der Waals surface area contributed by atoms with Gasteiger partial charge in [-0.25, -0.2) is 4.98 Å². The third-order valence-corrected chi connectivity index (χ3v) is 3.69. The molecule has 4 heterocycles. The van der Waals surface area contributed by atoms with Gasteiger partial charge in [-0.2, -0.15) is 0 Å². The average molecular weight is 279 g/mol. The molecular weight excluding hydrogens is 266 g/mol. The fraction of sp³-hybridized carbons (Fsp3) is 0.133. The second-order valence-corrected chi connectivity index (χ2v) is 4.94. The highest BCUT2D eigenvalue weighted by atomic mass is 16.1. The number of fused-ring (bicyclic) bond motifs is 3. The molecule has 6 nitrogen and oxygen atoms in total. The van der Waals surface area contributed by atoms with Crippen LogP contribution in [-0.4, -0.2) is 25.4 Å². The predicted octanol–water partition coefficient (Wildman–Crippen LogP) is 2.08. The Morgan fingerprint density at radius 2 is 2.14 bits per heavy atom. The lowest BCUT2D eigenvalue weighted by molar-refractivity contribution is 0.102. The van der Waals surface area contributed by atoms with E-state index in [9.17, 15) is 4.79 Å². The number of H-pyrrole nitrogens is 1. The average Bonchev–Trinajstić information content (AvgIpc) is 3.14. The highest BCUT2D eigenvalue weighted by molar-refractivity contribution is 6.08. The van der Waals surface area contributed by atoms with Crippen molar-refractivity contribution in [2.45, 2.75) is 13.0 Å². The van der Waals surface area contributed by atoms with Crippen molar-refractivity contribution < 1.29 is 4.79 Å². The van der Waals surface area contributed by atoms with Crippen molar-refractivity contribution in [3.63, 3.8) is 0 Å². The molecule has 0 bridgehead atoms. The molecule has 0 saturated carbocycles. The zero-order valence-electron chi connectivity index (χ0n) is 11.2. The van der Waals surface area contributed by atoms with Crippen LogP contribution >= 0.6 is 0 Å². The van der Waals surface area contributed by atoms with Crippen LogP contribution < -0.4 is 5.32 Å². The fourth-order valence-electron chi connectivity index (χ4n) is 2.68. The van der Waals surface area contributed by atoms with E-state index in [0.717, 1.165) is 35.7 Å². The molecule has 3 aromatic rings. The molecule has 1 aliphatic heterocycles. The number of anilines is 1. The lowest BCUT2D eigenvalue weighted by atomic mass is 10.0. The first-order chi connectivity index (χ1) is 10.3. The molecule has 0 saturated heterocycles. The molecular formula is C15H13N5O. The van der Waals surface area contributed by atoms with Gasteiger partial charge in [-0.15, -0.1) is 0 Å². The number of aromatic nitrogens is 4. The molecule has 2 N–H and O–H groups in total. The first kappa shape index (κ1) is 11.9. The van der Waals surface area contributed by atoms with E-state index < -0.39 is 0 Å². The number of carbonyl (C=O) groups excluding carboxylic acids is 1. The summed E-state index contributed by atoms with van der Waals surface area (Å²) in [5.74, 6) is 0.701. The van der Waals surface area contributed by atoms with E-state index >= 15 is 0 Å². The summed E-state index contributed by atoms with van der Waals surface area (Å²) in [6, 6.07) is 3.52. The number of aromatic amines is 1. The van der Waals surface area contributed by atoms with Crippen LogP contribution in [0.1, 0.15) is 16.1 Å². The van der Waals surface area contributed by atoms with Gasteiger partial charge in [-0.05, 0) is 12.1 Å².